The molecule has 106 valence electrons. The van der Waals surface area contributed by atoms with E-state index in [9.17, 15) is 10.2 Å². The second kappa shape index (κ2) is 6.33. The molecule has 0 aromatic carbocycles. The molecule has 0 aromatic heterocycles. The normalized spacial score (nSPS) is 43.0. The van der Waals surface area contributed by atoms with Gasteiger partial charge in [-0.3, -0.25) is 4.90 Å². The van der Waals surface area contributed by atoms with Crippen molar-refractivity contribution < 1.29 is 14.9 Å². The Hall–Kier alpha value is -0.160. The lowest BCUT2D eigenvalue weighted by atomic mass is 9.73. The van der Waals surface area contributed by atoms with Gasteiger partial charge in [-0.1, -0.05) is 13.8 Å². The van der Waals surface area contributed by atoms with E-state index >= 15 is 0 Å². The predicted octanol–water partition coefficient (Wildman–Crippen LogP) is 0.723. The van der Waals surface area contributed by atoms with Crippen molar-refractivity contribution in [1.29, 1.82) is 0 Å². The molecule has 2 aliphatic rings. The first-order valence-electron chi connectivity index (χ1n) is 7.22. The van der Waals surface area contributed by atoms with Crippen molar-refractivity contribution in [2.75, 3.05) is 32.9 Å². The highest BCUT2D eigenvalue weighted by Crippen LogP contribution is 2.34. The molecule has 2 fully saturated rings. The maximum absolute atomic E-state index is 10.3. The fourth-order valence-electron chi connectivity index (χ4n) is 3.54. The number of hydrogen-bond donors (Lipinski definition) is 2. The van der Waals surface area contributed by atoms with Crippen LogP contribution in [0, 0.1) is 17.8 Å². The maximum atomic E-state index is 10.3. The minimum absolute atomic E-state index is 0.109. The Morgan fingerprint density at radius 1 is 1.28 bits per heavy atom. The van der Waals surface area contributed by atoms with Crippen LogP contribution in [0.1, 0.15) is 26.7 Å². The van der Waals surface area contributed by atoms with Crippen LogP contribution >= 0.6 is 0 Å². The van der Waals surface area contributed by atoms with Crippen molar-refractivity contribution in [1.82, 2.24) is 4.90 Å². The van der Waals surface area contributed by atoms with Gasteiger partial charge < -0.3 is 14.9 Å². The molecule has 5 atom stereocenters. The highest BCUT2D eigenvalue weighted by molar-refractivity contribution is 4.87. The summed E-state index contributed by atoms with van der Waals surface area (Å²) in [5.74, 6) is 1.53. The highest BCUT2D eigenvalue weighted by atomic mass is 16.5. The van der Waals surface area contributed by atoms with E-state index in [1.165, 1.54) is 6.42 Å². The maximum Gasteiger partial charge on any atom is 0.0644 e. The second-order valence-corrected chi connectivity index (χ2v) is 6.19. The average molecular weight is 257 g/mol. The van der Waals surface area contributed by atoms with Gasteiger partial charge in [0.05, 0.1) is 32.0 Å². The number of morpholine rings is 1. The third kappa shape index (κ3) is 3.23. The van der Waals surface area contributed by atoms with E-state index in [2.05, 4.69) is 18.7 Å². The lowest BCUT2D eigenvalue weighted by molar-refractivity contribution is -0.0617. The standard InChI is InChI=1S/C14H27NO3/c1-10-5-11(2)13(14(17)6-10)7-15-3-4-18-9-12(15)8-16/h10-14,16-17H,3-9H2,1-2H3. The molecule has 2 N–H and O–H groups in total. The summed E-state index contributed by atoms with van der Waals surface area (Å²) in [4.78, 5) is 2.30. The topological polar surface area (TPSA) is 52.9 Å². The minimum atomic E-state index is -0.189. The lowest BCUT2D eigenvalue weighted by Crippen LogP contribution is -2.52. The third-order valence-corrected chi connectivity index (χ3v) is 4.65. The first kappa shape index (κ1) is 14.3. The third-order valence-electron chi connectivity index (χ3n) is 4.65. The van der Waals surface area contributed by atoms with E-state index in [1.54, 1.807) is 0 Å². The van der Waals surface area contributed by atoms with E-state index in [0.717, 1.165) is 26.1 Å². The molecule has 5 unspecified atom stereocenters. The van der Waals surface area contributed by atoms with Gasteiger partial charge in [0.15, 0.2) is 0 Å². The first-order chi connectivity index (χ1) is 8.61. The molecule has 0 amide bonds. The van der Waals surface area contributed by atoms with E-state index in [4.69, 9.17) is 4.74 Å². The lowest BCUT2D eigenvalue weighted by Gasteiger charge is -2.42. The number of hydrogen-bond acceptors (Lipinski definition) is 4. The second-order valence-electron chi connectivity index (χ2n) is 6.19. The van der Waals surface area contributed by atoms with Crippen molar-refractivity contribution in [3.63, 3.8) is 0 Å². The number of aliphatic hydroxyl groups is 2. The fraction of sp³-hybridized carbons (Fsp3) is 1.00. The van der Waals surface area contributed by atoms with Gasteiger partial charge in [-0.05, 0) is 24.7 Å². The molecule has 1 aliphatic heterocycles. The van der Waals surface area contributed by atoms with Crippen LogP contribution in [0.3, 0.4) is 0 Å². The van der Waals surface area contributed by atoms with Crippen molar-refractivity contribution in [3.8, 4) is 0 Å². The predicted molar refractivity (Wildman–Crippen MR) is 70.3 cm³/mol. The Labute approximate surface area is 110 Å². The quantitative estimate of drug-likeness (QED) is 0.782. The van der Waals surface area contributed by atoms with E-state index in [-0.39, 0.29) is 18.8 Å². The number of ether oxygens (including phenoxy) is 1. The Kier molecular flexibility index (Phi) is 5.01. The molecular weight excluding hydrogens is 230 g/mol. The zero-order valence-electron chi connectivity index (χ0n) is 11.6. The molecular formula is C14H27NO3. The molecule has 18 heavy (non-hydrogen) atoms. The zero-order chi connectivity index (χ0) is 13.1. The summed E-state index contributed by atoms with van der Waals surface area (Å²) in [6, 6.07) is 0.109. The van der Waals surface area contributed by atoms with E-state index in [0.29, 0.717) is 24.4 Å². The van der Waals surface area contributed by atoms with Crippen LogP contribution in [0.15, 0.2) is 0 Å². The van der Waals surface area contributed by atoms with Gasteiger partial charge in [-0.2, -0.15) is 0 Å². The van der Waals surface area contributed by atoms with Gasteiger partial charge >= 0.3 is 0 Å². The van der Waals surface area contributed by atoms with Gasteiger partial charge in [-0.15, -0.1) is 0 Å². The molecule has 0 spiro atoms. The highest BCUT2D eigenvalue weighted by Gasteiger charge is 2.35. The van der Waals surface area contributed by atoms with E-state index in [1.807, 2.05) is 0 Å². The molecule has 2 rings (SSSR count). The fourth-order valence-corrected chi connectivity index (χ4v) is 3.54. The summed E-state index contributed by atoms with van der Waals surface area (Å²) in [5, 5.41) is 19.7. The summed E-state index contributed by atoms with van der Waals surface area (Å²) in [6.45, 7) is 7.74. The zero-order valence-corrected chi connectivity index (χ0v) is 11.6. The van der Waals surface area contributed by atoms with Gasteiger partial charge in [0.25, 0.3) is 0 Å². The van der Waals surface area contributed by atoms with Crippen LogP contribution in [0.2, 0.25) is 0 Å². The Morgan fingerprint density at radius 2 is 2.06 bits per heavy atom. The average Bonchev–Trinajstić information content (AvgIpc) is 2.34. The van der Waals surface area contributed by atoms with Crippen LogP contribution in [-0.4, -0.2) is 60.2 Å². The van der Waals surface area contributed by atoms with Gasteiger partial charge in [-0.25, -0.2) is 0 Å². The van der Waals surface area contributed by atoms with Crippen LogP contribution in [0.5, 0.6) is 0 Å². The van der Waals surface area contributed by atoms with Crippen molar-refractivity contribution >= 4 is 0 Å². The number of rotatable bonds is 3. The van der Waals surface area contributed by atoms with Crippen LogP contribution in [0.4, 0.5) is 0 Å². The summed E-state index contributed by atoms with van der Waals surface area (Å²) in [5.41, 5.74) is 0. The van der Waals surface area contributed by atoms with Crippen LogP contribution in [-0.2, 0) is 4.74 Å². The summed E-state index contributed by atoms with van der Waals surface area (Å²) >= 11 is 0. The van der Waals surface area contributed by atoms with Crippen molar-refractivity contribution in [2.24, 2.45) is 17.8 Å². The summed E-state index contributed by atoms with van der Waals surface area (Å²) < 4.78 is 5.40. The number of nitrogens with zero attached hydrogens (tertiary/aromatic N) is 1. The Morgan fingerprint density at radius 3 is 2.72 bits per heavy atom. The Bertz CT molecular complexity index is 249. The molecule has 4 heteroatoms. The van der Waals surface area contributed by atoms with Crippen LogP contribution in [0.25, 0.3) is 0 Å². The molecule has 4 nitrogen and oxygen atoms in total. The van der Waals surface area contributed by atoms with Gasteiger partial charge in [0.2, 0.25) is 0 Å². The largest absolute Gasteiger partial charge is 0.395 e. The van der Waals surface area contributed by atoms with Gasteiger partial charge in [0, 0.05) is 19.0 Å². The SMILES string of the molecule is CC1CC(C)C(CN2CCOCC2CO)C(O)C1. The van der Waals surface area contributed by atoms with Gasteiger partial charge in [0.1, 0.15) is 0 Å². The molecule has 1 saturated carbocycles. The molecule has 0 radical (unpaired) electrons. The first-order valence-corrected chi connectivity index (χ1v) is 7.22. The van der Waals surface area contributed by atoms with Crippen molar-refractivity contribution in [2.45, 2.75) is 38.8 Å². The molecule has 0 aromatic rings. The summed E-state index contributed by atoms with van der Waals surface area (Å²) in [7, 11) is 0. The van der Waals surface area contributed by atoms with E-state index < -0.39 is 0 Å². The molecule has 1 saturated heterocycles. The minimum Gasteiger partial charge on any atom is -0.395 e. The smallest absolute Gasteiger partial charge is 0.0644 e. The molecule has 1 heterocycles. The number of aliphatic hydroxyl groups excluding tert-OH is 2. The monoisotopic (exact) mass is 257 g/mol. The van der Waals surface area contributed by atoms with Crippen LogP contribution < -0.4 is 0 Å². The molecule has 0 bridgehead atoms. The van der Waals surface area contributed by atoms with Crippen molar-refractivity contribution in [3.05, 3.63) is 0 Å². The Balaban J connectivity index is 1.94. The summed E-state index contributed by atoms with van der Waals surface area (Å²) in [6.07, 6.45) is 1.94. The molecule has 1 aliphatic carbocycles.